The van der Waals surface area contributed by atoms with E-state index in [2.05, 4.69) is 32.2 Å². The Morgan fingerprint density at radius 2 is 1.96 bits per heavy atom. The monoisotopic (exact) mass is 446 g/mol. The molecule has 0 aliphatic heterocycles. The Morgan fingerprint density at radius 1 is 1.24 bits per heavy atom. The van der Waals surface area contributed by atoms with Crippen LogP contribution in [0.2, 0.25) is 5.02 Å². The summed E-state index contributed by atoms with van der Waals surface area (Å²) in [6.45, 7) is 3.45. The molecule has 1 aromatic heterocycles. The largest absolute Gasteiger partial charge is 0.360 e. The highest BCUT2D eigenvalue weighted by molar-refractivity contribution is 9.11. The zero-order valence-corrected chi connectivity index (χ0v) is 15.6. The average Bonchev–Trinajstić information content (AvgIpc) is 2.93. The summed E-state index contributed by atoms with van der Waals surface area (Å²) in [7, 11) is -4.13. The molecule has 2 N–H and O–H groups in total. The van der Waals surface area contributed by atoms with E-state index in [1.807, 2.05) is 0 Å². The number of allylic oxidation sites excluding steroid dienone is 6. The van der Waals surface area contributed by atoms with Gasteiger partial charge in [-0.1, -0.05) is 18.2 Å². The summed E-state index contributed by atoms with van der Waals surface area (Å²) < 4.78 is 55.3. The minimum atomic E-state index is -4.13. The third-order valence-electron chi connectivity index (χ3n) is 3.46. The standard InChI is InChI=1S/C16H10BrClF2N2O2S/c1-8-4-14(12(19)6-11(17)16(8)20)22-25(23,24)15-7-21-13-5-9(18)2-3-10(13)15/h2-7,21-22H,1H2. The Morgan fingerprint density at radius 3 is 2.68 bits per heavy atom. The van der Waals surface area contributed by atoms with Crippen molar-refractivity contribution in [3.63, 3.8) is 0 Å². The van der Waals surface area contributed by atoms with E-state index in [-0.39, 0.29) is 15.0 Å². The number of hydrogen-bond acceptors (Lipinski definition) is 2. The normalized spacial score (nSPS) is 15.9. The highest BCUT2D eigenvalue weighted by Crippen LogP contribution is 2.31. The van der Waals surface area contributed by atoms with Crippen molar-refractivity contribution in [1.29, 1.82) is 0 Å². The molecule has 0 radical (unpaired) electrons. The van der Waals surface area contributed by atoms with Gasteiger partial charge in [0.1, 0.15) is 16.5 Å². The van der Waals surface area contributed by atoms with Gasteiger partial charge < -0.3 is 4.98 Å². The summed E-state index contributed by atoms with van der Waals surface area (Å²) in [6, 6.07) is 4.65. The van der Waals surface area contributed by atoms with E-state index in [0.29, 0.717) is 15.9 Å². The summed E-state index contributed by atoms with van der Waals surface area (Å²) in [6.07, 6.45) is 3.08. The molecule has 0 fully saturated rings. The SMILES string of the molecule is C=C1C=C(NS(=O)(=O)c2c[nH]c3cc(Cl)ccc23)C(F)=CC(Br)=C1F. The van der Waals surface area contributed by atoms with Gasteiger partial charge >= 0.3 is 0 Å². The third-order valence-corrected chi connectivity index (χ3v) is 5.68. The van der Waals surface area contributed by atoms with Gasteiger partial charge in [-0.3, -0.25) is 4.72 Å². The molecule has 0 unspecified atom stereocenters. The second-order valence-electron chi connectivity index (χ2n) is 5.19. The van der Waals surface area contributed by atoms with Gasteiger partial charge in [-0.05, 0) is 46.3 Å². The first-order valence-electron chi connectivity index (χ1n) is 6.82. The lowest BCUT2D eigenvalue weighted by atomic mass is 10.2. The molecule has 0 spiro atoms. The predicted octanol–water partition coefficient (Wildman–Crippen LogP) is 4.98. The van der Waals surface area contributed by atoms with Crippen molar-refractivity contribution in [3.8, 4) is 0 Å². The van der Waals surface area contributed by atoms with Crippen LogP contribution in [0.5, 0.6) is 0 Å². The average molecular weight is 448 g/mol. The molecule has 4 nitrogen and oxygen atoms in total. The molecular weight excluding hydrogens is 438 g/mol. The van der Waals surface area contributed by atoms with Gasteiger partial charge in [0.2, 0.25) is 0 Å². The lowest BCUT2D eigenvalue weighted by molar-refractivity contribution is 0.582. The van der Waals surface area contributed by atoms with Crippen LogP contribution in [0.15, 0.2) is 75.4 Å². The lowest BCUT2D eigenvalue weighted by Gasteiger charge is -2.09. The van der Waals surface area contributed by atoms with Crippen molar-refractivity contribution in [2.24, 2.45) is 0 Å². The highest BCUT2D eigenvalue weighted by atomic mass is 79.9. The quantitative estimate of drug-likeness (QED) is 0.697. The zero-order chi connectivity index (χ0) is 18.4. The number of rotatable bonds is 3. The number of nitrogens with one attached hydrogen (secondary N) is 2. The molecule has 1 aliphatic carbocycles. The smallest absolute Gasteiger partial charge is 0.264 e. The predicted molar refractivity (Wildman–Crippen MR) is 97.1 cm³/mol. The molecule has 1 aromatic carbocycles. The van der Waals surface area contributed by atoms with Gasteiger partial charge in [0, 0.05) is 27.7 Å². The highest BCUT2D eigenvalue weighted by Gasteiger charge is 2.24. The topological polar surface area (TPSA) is 62.0 Å². The summed E-state index contributed by atoms with van der Waals surface area (Å²) >= 11 is 8.74. The van der Waals surface area contributed by atoms with E-state index in [1.165, 1.54) is 12.3 Å². The van der Waals surface area contributed by atoms with E-state index < -0.39 is 27.4 Å². The van der Waals surface area contributed by atoms with Crippen molar-refractivity contribution in [1.82, 2.24) is 9.71 Å². The van der Waals surface area contributed by atoms with Crippen molar-refractivity contribution in [2.75, 3.05) is 0 Å². The van der Waals surface area contributed by atoms with Gasteiger partial charge in [-0.15, -0.1) is 0 Å². The number of sulfonamides is 1. The number of benzene rings is 1. The van der Waals surface area contributed by atoms with E-state index >= 15 is 0 Å². The van der Waals surface area contributed by atoms with Crippen molar-refractivity contribution < 1.29 is 17.2 Å². The van der Waals surface area contributed by atoms with Crippen LogP contribution in [-0.2, 0) is 10.0 Å². The second-order valence-corrected chi connectivity index (χ2v) is 8.13. The maximum Gasteiger partial charge on any atom is 0.264 e. The van der Waals surface area contributed by atoms with Gasteiger partial charge in [-0.2, -0.15) is 0 Å². The van der Waals surface area contributed by atoms with Crippen LogP contribution < -0.4 is 4.72 Å². The van der Waals surface area contributed by atoms with Crippen LogP contribution in [0.4, 0.5) is 8.78 Å². The molecule has 0 saturated heterocycles. The fourth-order valence-corrected chi connectivity index (χ4v) is 4.15. The van der Waals surface area contributed by atoms with E-state index in [0.717, 1.165) is 12.2 Å². The number of H-pyrrole nitrogens is 1. The molecule has 1 heterocycles. The van der Waals surface area contributed by atoms with Crippen LogP contribution in [0.1, 0.15) is 0 Å². The molecule has 1 aliphatic rings. The number of halogens is 4. The van der Waals surface area contributed by atoms with Crippen LogP contribution >= 0.6 is 27.5 Å². The Kier molecular flexibility index (Phi) is 4.61. The fourth-order valence-electron chi connectivity index (χ4n) is 2.28. The Balaban J connectivity index is 2.03. The van der Waals surface area contributed by atoms with Gasteiger partial charge in [0.25, 0.3) is 10.0 Å². The Hall–Kier alpha value is -1.90. The molecule has 0 bridgehead atoms. The summed E-state index contributed by atoms with van der Waals surface area (Å²) in [4.78, 5) is 2.71. The van der Waals surface area contributed by atoms with Crippen LogP contribution in [0.25, 0.3) is 10.9 Å². The number of aromatic amines is 1. The van der Waals surface area contributed by atoms with E-state index in [1.54, 1.807) is 12.1 Å². The van der Waals surface area contributed by atoms with E-state index in [4.69, 9.17) is 11.6 Å². The minimum Gasteiger partial charge on any atom is -0.360 e. The summed E-state index contributed by atoms with van der Waals surface area (Å²) in [5.41, 5.74) is -0.0734. The molecule has 0 saturated carbocycles. The number of fused-ring (bicyclic) bond motifs is 1. The van der Waals surface area contributed by atoms with Gasteiger partial charge in [0.15, 0.2) is 0 Å². The van der Waals surface area contributed by atoms with Gasteiger partial charge in [-0.25, -0.2) is 17.2 Å². The zero-order valence-electron chi connectivity index (χ0n) is 12.4. The van der Waals surface area contributed by atoms with Crippen molar-refractivity contribution in [3.05, 3.63) is 75.6 Å². The first kappa shape index (κ1) is 17.9. The molecular formula is C16H10BrClF2N2O2S. The maximum absolute atomic E-state index is 14.2. The van der Waals surface area contributed by atoms with Gasteiger partial charge in [0.05, 0.1) is 10.2 Å². The number of hydrogen-bond donors (Lipinski definition) is 2. The fraction of sp³-hybridized carbons (Fsp3) is 0. The Labute approximate surface area is 155 Å². The lowest BCUT2D eigenvalue weighted by Crippen LogP contribution is -2.23. The summed E-state index contributed by atoms with van der Waals surface area (Å²) in [5.74, 6) is -1.74. The van der Waals surface area contributed by atoms with Crippen LogP contribution in [0.3, 0.4) is 0 Å². The molecule has 0 atom stereocenters. The minimum absolute atomic E-state index is 0.0878. The van der Waals surface area contributed by atoms with Crippen LogP contribution in [0, 0.1) is 0 Å². The number of aromatic nitrogens is 1. The third kappa shape index (κ3) is 3.42. The first-order valence-corrected chi connectivity index (χ1v) is 9.48. The molecule has 130 valence electrons. The molecule has 0 amide bonds. The molecule has 2 aromatic rings. The Bertz CT molecular complexity index is 1100. The molecule has 9 heteroatoms. The first-order chi connectivity index (χ1) is 11.7. The van der Waals surface area contributed by atoms with Crippen molar-refractivity contribution in [2.45, 2.75) is 4.90 Å². The van der Waals surface area contributed by atoms with Crippen LogP contribution in [-0.4, -0.2) is 13.4 Å². The maximum atomic E-state index is 14.2. The molecule has 3 rings (SSSR count). The molecule has 25 heavy (non-hydrogen) atoms. The van der Waals surface area contributed by atoms with Crippen molar-refractivity contribution >= 4 is 48.5 Å². The van der Waals surface area contributed by atoms with E-state index in [9.17, 15) is 17.2 Å². The summed E-state index contributed by atoms with van der Waals surface area (Å²) in [5, 5.41) is 0.828. The second kappa shape index (κ2) is 6.44.